The van der Waals surface area contributed by atoms with Crippen LogP contribution in [0.4, 0.5) is 10.1 Å². The molecular formula is C21H16FNO5. The Morgan fingerprint density at radius 1 is 0.964 bits per heavy atom. The van der Waals surface area contributed by atoms with Gasteiger partial charge in [0.15, 0.2) is 6.61 Å². The van der Waals surface area contributed by atoms with Gasteiger partial charge in [0, 0.05) is 18.6 Å². The van der Waals surface area contributed by atoms with Crippen molar-refractivity contribution in [2.24, 2.45) is 0 Å². The van der Waals surface area contributed by atoms with Gasteiger partial charge < -0.3 is 9.47 Å². The van der Waals surface area contributed by atoms with E-state index in [0.717, 1.165) is 29.3 Å². The minimum absolute atomic E-state index is 0.462. The molecule has 0 spiro atoms. The molecule has 0 aliphatic rings. The normalized spacial score (nSPS) is 10.3. The maximum absolute atomic E-state index is 13.3. The minimum atomic E-state index is -0.872. The zero-order chi connectivity index (χ0) is 19.9. The van der Waals surface area contributed by atoms with Gasteiger partial charge in [-0.15, -0.1) is 0 Å². The smallest absolute Gasteiger partial charge is 0.349 e. The number of nitro benzene ring substituents is 1. The van der Waals surface area contributed by atoms with Crippen LogP contribution >= 0.6 is 0 Å². The van der Waals surface area contributed by atoms with Crippen LogP contribution < -0.4 is 9.47 Å². The molecule has 0 aromatic heterocycles. The van der Waals surface area contributed by atoms with Crippen LogP contribution in [0.15, 0.2) is 72.8 Å². The molecule has 3 aromatic rings. The molecule has 7 heteroatoms. The summed E-state index contributed by atoms with van der Waals surface area (Å²) in [5, 5.41) is 11.0. The molecular weight excluding hydrogens is 365 g/mol. The van der Waals surface area contributed by atoms with Gasteiger partial charge in [-0.1, -0.05) is 48.5 Å². The Morgan fingerprint density at radius 2 is 1.68 bits per heavy atom. The number of benzene rings is 3. The highest BCUT2D eigenvalue weighted by molar-refractivity contribution is 5.75. The van der Waals surface area contributed by atoms with Crippen LogP contribution in [0.2, 0.25) is 0 Å². The van der Waals surface area contributed by atoms with E-state index in [1.54, 1.807) is 12.1 Å². The van der Waals surface area contributed by atoms with E-state index in [9.17, 15) is 19.3 Å². The van der Waals surface area contributed by atoms with Crippen molar-refractivity contribution in [2.75, 3.05) is 6.61 Å². The van der Waals surface area contributed by atoms with Crippen molar-refractivity contribution < 1.29 is 23.6 Å². The predicted octanol–water partition coefficient (Wildman–Crippen LogP) is 4.31. The molecule has 0 bridgehead atoms. The quantitative estimate of drug-likeness (QED) is 0.264. The van der Waals surface area contributed by atoms with Crippen molar-refractivity contribution in [2.45, 2.75) is 6.42 Å². The topological polar surface area (TPSA) is 78.7 Å². The second-order valence-corrected chi connectivity index (χ2v) is 5.90. The number of rotatable bonds is 7. The lowest BCUT2D eigenvalue weighted by molar-refractivity contribution is -0.385. The molecule has 0 amide bonds. The molecule has 0 aliphatic heterocycles. The van der Waals surface area contributed by atoms with E-state index in [4.69, 9.17) is 9.47 Å². The Bertz CT molecular complexity index is 991. The Morgan fingerprint density at radius 3 is 2.43 bits per heavy atom. The van der Waals surface area contributed by atoms with Gasteiger partial charge in [-0.25, -0.2) is 9.18 Å². The first-order chi connectivity index (χ1) is 13.5. The Labute approximate surface area is 160 Å². The lowest BCUT2D eigenvalue weighted by Gasteiger charge is -2.11. The molecule has 0 aliphatic carbocycles. The van der Waals surface area contributed by atoms with Crippen molar-refractivity contribution in [1.29, 1.82) is 0 Å². The molecule has 142 valence electrons. The number of para-hydroxylation sites is 1. The number of carbonyl (C=O) groups excluding carboxylic acids is 1. The summed E-state index contributed by atoms with van der Waals surface area (Å²) in [6.45, 7) is -0.473. The zero-order valence-electron chi connectivity index (χ0n) is 14.7. The number of carbonyl (C=O) groups is 1. The largest absolute Gasteiger partial charge is 0.482 e. The molecule has 0 radical (unpaired) electrons. The fraction of sp³-hybridized carbons (Fsp3) is 0.0952. The number of halogens is 1. The molecule has 0 unspecified atom stereocenters. The number of hydrogen-bond donors (Lipinski definition) is 0. The zero-order valence-corrected chi connectivity index (χ0v) is 14.7. The summed E-state index contributed by atoms with van der Waals surface area (Å²) < 4.78 is 23.8. The van der Waals surface area contributed by atoms with Crippen LogP contribution in [-0.2, 0) is 11.2 Å². The molecule has 6 nitrogen and oxygen atoms in total. The van der Waals surface area contributed by atoms with Crippen LogP contribution in [0.25, 0.3) is 0 Å². The fourth-order valence-electron chi connectivity index (χ4n) is 2.62. The SMILES string of the molecule is O=C(COc1ccccc1Cc1ccccc1)Oc1cc(F)ccc1[N+](=O)[O-]. The van der Waals surface area contributed by atoms with Crippen LogP contribution in [0.5, 0.6) is 11.5 Å². The summed E-state index contributed by atoms with van der Waals surface area (Å²) in [5.74, 6) is -1.58. The number of hydrogen-bond acceptors (Lipinski definition) is 5. The number of ether oxygens (including phenoxy) is 2. The Kier molecular flexibility index (Phi) is 5.96. The van der Waals surface area contributed by atoms with Crippen molar-refractivity contribution in [3.8, 4) is 11.5 Å². The second kappa shape index (κ2) is 8.77. The lowest BCUT2D eigenvalue weighted by Crippen LogP contribution is -2.18. The molecule has 0 saturated carbocycles. The molecule has 0 atom stereocenters. The summed E-state index contributed by atoms with van der Waals surface area (Å²) in [6.07, 6.45) is 0.613. The summed E-state index contributed by atoms with van der Waals surface area (Å²) >= 11 is 0. The first-order valence-corrected chi connectivity index (χ1v) is 8.42. The number of esters is 1. The summed E-state index contributed by atoms with van der Waals surface area (Å²) in [7, 11) is 0. The number of nitro groups is 1. The van der Waals surface area contributed by atoms with E-state index >= 15 is 0 Å². The highest BCUT2D eigenvalue weighted by Gasteiger charge is 2.19. The lowest BCUT2D eigenvalue weighted by atomic mass is 10.0. The average molecular weight is 381 g/mol. The molecule has 0 saturated heterocycles. The Hall–Kier alpha value is -3.74. The van der Waals surface area contributed by atoms with Gasteiger partial charge in [0.1, 0.15) is 11.6 Å². The van der Waals surface area contributed by atoms with Crippen LogP contribution in [0.1, 0.15) is 11.1 Å². The number of nitrogens with zero attached hydrogens (tertiary/aromatic N) is 1. The molecule has 28 heavy (non-hydrogen) atoms. The van der Waals surface area contributed by atoms with E-state index < -0.39 is 34.8 Å². The third-order valence-electron chi connectivity index (χ3n) is 3.90. The van der Waals surface area contributed by atoms with Crippen molar-refractivity contribution in [3.05, 3.63) is 99.9 Å². The minimum Gasteiger partial charge on any atom is -0.482 e. The molecule has 3 aromatic carbocycles. The highest BCUT2D eigenvalue weighted by Crippen LogP contribution is 2.28. The van der Waals surface area contributed by atoms with Crippen LogP contribution in [-0.4, -0.2) is 17.5 Å². The van der Waals surface area contributed by atoms with Crippen molar-refractivity contribution in [3.63, 3.8) is 0 Å². The molecule has 0 heterocycles. The third-order valence-corrected chi connectivity index (χ3v) is 3.90. The van der Waals surface area contributed by atoms with Crippen LogP contribution in [0.3, 0.4) is 0 Å². The summed E-state index contributed by atoms with van der Waals surface area (Å²) in [5.41, 5.74) is 1.45. The molecule has 0 N–H and O–H groups in total. The first kappa shape index (κ1) is 19.0. The highest BCUT2D eigenvalue weighted by atomic mass is 19.1. The first-order valence-electron chi connectivity index (χ1n) is 8.42. The van der Waals surface area contributed by atoms with E-state index in [1.807, 2.05) is 42.5 Å². The van der Waals surface area contributed by atoms with E-state index in [0.29, 0.717) is 12.2 Å². The van der Waals surface area contributed by atoms with Gasteiger partial charge in [0.25, 0.3) is 0 Å². The van der Waals surface area contributed by atoms with Gasteiger partial charge in [-0.3, -0.25) is 10.1 Å². The maximum atomic E-state index is 13.3. The van der Waals surface area contributed by atoms with Gasteiger partial charge in [0.05, 0.1) is 4.92 Å². The van der Waals surface area contributed by atoms with E-state index in [-0.39, 0.29) is 0 Å². The van der Waals surface area contributed by atoms with Gasteiger partial charge >= 0.3 is 11.7 Å². The van der Waals surface area contributed by atoms with Crippen molar-refractivity contribution >= 4 is 11.7 Å². The molecule has 3 rings (SSSR count). The second-order valence-electron chi connectivity index (χ2n) is 5.90. The Balaban J connectivity index is 1.67. The third kappa shape index (κ3) is 4.91. The van der Waals surface area contributed by atoms with E-state index in [2.05, 4.69) is 0 Å². The maximum Gasteiger partial charge on any atom is 0.349 e. The van der Waals surface area contributed by atoms with Gasteiger partial charge in [-0.2, -0.15) is 0 Å². The monoisotopic (exact) mass is 381 g/mol. The summed E-state index contributed by atoms with van der Waals surface area (Å²) in [6, 6.07) is 19.6. The van der Waals surface area contributed by atoms with E-state index in [1.165, 1.54) is 0 Å². The average Bonchev–Trinajstić information content (AvgIpc) is 2.68. The summed E-state index contributed by atoms with van der Waals surface area (Å²) in [4.78, 5) is 22.3. The molecule has 0 fully saturated rings. The standard InChI is InChI=1S/C21H16FNO5/c22-17-10-11-18(23(25)26)20(13-17)28-21(24)14-27-19-9-5-4-8-16(19)12-15-6-2-1-3-7-15/h1-11,13H,12,14H2. The fourth-order valence-corrected chi connectivity index (χ4v) is 2.62. The van der Waals surface area contributed by atoms with Crippen molar-refractivity contribution in [1.82, 2.24) is 0 Å². The van der Waals surface area contributed by atoms with Crippen LogP contribution in [0, 0.1) is 15.9 Å². The van der Waals surface area contributed by atoms with Gasteiger partial charge in [0.2, 0.25) is 5.75 Å². The predicted molar refractivity (Wildman–Crippen MR) is 99.9 cm³/mol. The van der Waals surface area contributed by atoms with Gasteiger partial charge in [-0.05, 0) is 23.3 Å².